The van der Waals surface area contributed by atoms with Crippen LogP contribution in [0.4, 0.5) is 13.2 Å². The third-order valence-electron chi connectivity index (χ3n) is 1.73. The summed E-state index contributed by atoms with van der Waals surface area (Å²) < 4.78 is 37.9. The van der Waals surface area contributed by atoms with Gasteiger partial charge in [-0.15, -0.1) is 0 Å². The first-order chi connectivity index (χ1) is 6.30. The van der Waals surface area contributed by atoms with Gasteiger partial charge in [-0.25, -0.2) is 0 Å². The number of rotatable bonds is 2. The van der Waals surface area contributed by atoms with Gasteiger partial charge in [0.1, 0.15) is 0 Å². The Morgan fingerprint density at radius 1 is 1.57 bits per heavy atom. The number of nitrogens with two attached hydrogens (primary N) is 1. The van der Waals surface area contributed by atoms with E-state index >= 15 is 0 Å². The molecule has 1 aromatic heterocycles. The number of hydrogen-bond donors (Lipinski definition) is 1. The highest BCUT2D eigenvalue weighted by Gasteiger charge is 2.34. The Hall–Kier alpha value is -1.04. The van der Waals surface area contributed by atoms with Gasteiger partial charge in [-0.2, -0.15) is 18.3 Å². The van der Waals surface area contributed by atoms with Crippen molar-refractivity contribution >= 4 is 0 Å². The average molecular weight is 207 g/mol. The second-order valence-electron chi connectivity index (χ2n) is 3.33. The fourth-order valence-electron chi connectivity index (χ4n) is 1.11. The molecule has 0 saturated heterocycles. The summed E-state index contributed by atoms with van der Waals surface area (Å²) in [6.07, 6.45) is -4.38. The largest absolute Gasteiger partial charge is 0.435 e. The third-order valence-corrected chi connectivity index (χ3v) is 1.73. The van der Waals surface area contributed by atoms with Crippen LogP contribution in [0.5, 0.6) is 0 Å². The first-order valence-electron chi connectivity index (χ1n) is 4.18. The van der Waals surface area contributed by atoms with E-state index in [1.807, 2.05) is 0 Å². The monoisotopic (exact) mass is 207 g/mol. The smallest absolute Gasteiger partial charge is 0.326 e. The Labute approximate surface area is 79.7 Å². The maximum atomic E-state index is 12.2. The molecule has 1 aromatic rings. The Morgan fingerprint density at radius 3 is 2.50 bits per heavy atom. The molecule has 0 spiro atoms. The predicted molar refractivity (Wildman–Crippen MR) is 45.6 cm³/mol. The summed E-state index contributed by atoms with van der Waals surface area (Å²) in [6, 6.07) is 0.803. The van der Waals surface area contributed by atoms with Crippen LogP contribution in [0, 0.1) is 6.92 Å². The van der Waals surface area contributed by atoms with E-state index in [2.05, 4.69) is 5.10 Å². The molecule has 3 nitrogen and oxygen atoms in total. The quantitative estimate of drug-likeness (QED) is 0.799. The van der Waals surface area contributed by atoms with E-state index < -0.39 is 11.9 Å². The maximum absolute atomic E-state index is 12.2. The van der Waals surface area contributed by atoms with E-state index in [9.17, 15) is 13.2 Å². The molecule has 1 heterocycles. The van der Waals surface area contributed by atoms with Crippen LogP contribution < -0.4 is 5.73 Å². The fourth-order valence-corrected chi connectivity index (χ4v) is 1.11. The standard InChI is InChI=1S/C8H12F3N3/c1-5(12)4-14-6(2)3-7(13-14)8(9,10)11/h3,5H,4,12H2,1-2H3/t5-/m1/s1. The summed E-state index contributed by atoms with van der Waals surface area (Å²) in [5, 5.41) is 3.43. The molecule has 0 unspecified atom stereocenters. The van der Waals surface area contributed by atoms with Crippen LogP contribution in [-0.2, 0) is 12.7 Å². The Balaban J connectivity index is 2.94. The minimum Gasteiger partial charge on any atom is -0.326 e. The molecule has 1 atom stereocenters. The molecule has 0 aromatic carbocycles. The van der Waals surface area contributed by atoms with Gasteiger partial charge < -0.3 is 5.73 Å². The molecule has 14 heavy (non-hydrogen) atoms. The number of hydrogen-bond acceptors (Lipinski definition) is 2. The van der Waals surface area contributed by atoms with Crippen molar-refractivity contribution in [2.45, 2.75) is 32.6 Å². The number of alkyl halides is 3. The van der Waals surface area contributed by atoms with Crippen molar-refractivity contribution in [1.82, 2.24) is 9.78 Å². The topological polar surface area (TPSA) is 43.8 Å². The van der Waals surface area contributed by atoms with E-state index in [1.165, 1.54) is 4.68 Å². The number of nitrogens with zero attached hydrogens (tertiary/aromatic N) is 2. The van der Waals surface area contributed by atoms with E-state index in [0.717, 1.165) is 6.07 Å². The highest BCUT2D eigenvalue weighted by atomic mass is 19.4. The summed E-state index contributed by atoms with van der Waals surface area (Å²) in [5.74, 6) is 0. The summed E-state index contributed by atoms with van der Waals surface area (Å²) in [4.78, 5) is 0. The van der Waals surface area contributed by atoms with Gasteiger partial charge in [-0.3, -0.25) is 4.68 Å². The molecular formula is C8H12F3N3. The van der Waals surface area contributed by atoms with Gasteiger partial charge in [-0.05, 0) is 19.9 Å². The molecular weight excluding hydrogens is 195 g/mol. The van der Waals surface area contributed by atoms with Crippen molar-refractivity contribution < 1.29 is 13.2 Å². The lowest BCUT2D eigenvalue weighted by Gasteiger charge is -2.07. The minimum atomic E-state index is -4.38. The Kier molecular flexibility index (Phi) is 2.84. The summed E-state index contributed by atoms with van der Waals surface area (Å²) in [7, 11) is 0. The van der Waals surface area contributed by atoms with Gasteiger partial charge in [0.25, 0.3) is 0 Å². The summed E-state index contributed by atoms with van der Waals surface area (Å²) >= 11 is 0. The minimum absolute atomic E-state index is 0.213. The number of aryl methyl sites for hydroxylation is 1. The molecule has 2 N–H and O–H groups in total. The normalized spacial score (nSPS) is 14.4. The molecule has 1 rings (SSSR count). The van der Waals surface area contributed by atoms with Crippen molar-refractivity contribution in [3.05, 3.63) is 17.5 Å². The van der Waals surface area contributed by atoms with Gasteiger partial charge in [0.2, 0.25) is 0 Å². The second kappa shape index (κ2) is 3.61. The van der Waals surface area contributed by atoms with Crippen LogP contribution in [0.1, 0.15) is 18.3 Å². The predicted octanol–water partition coefficient (Wildman–Crippen LogP) is 1.56. The van der Waals surface area contributed by atoms with Crippen LogP contribution in [-0.4, -0.2) is 15.8 Å². The van der Waals surface area contributed by atoms with Gasteiger partial charge in [-0.1, -0.05) is 0 Å². The lowest BCUT2D eigenvalue weighted by Crippen LogP contribution is -2.23. The molecule has 0 saturated carbocycles. The zero-order chi connectivity index (χ0) is 10.9. The lowest BCUT2D eigenvalue weighted by molar-refractivity contribution is -0.141. The maximum Gasteiger partial charge on any atom is 0.435 e. The van der Waals surface area contributed by atoms with Crippen LogP contribution in [0.2, 0.25) is 0 Å². The lowest BCUT2D eigenvalue weighted by atomic mass is 10.3. The first kappa shape index (κ1) is 11.0. The zero-order valence-corrected chi connectivity index (χ0v) is 7.97. The average Bonchev–Trinajstić information content (AvgIpc) is 2.30. The van der Waals surface area contributed by atoms with Crippen molar-refractivity contribution in [3.8, 4) is 0 Å². The molecule has 0 radical (unpaired) electrons. The zero-order valence-electron chi connectivity index (χ0n) is 7.97. The van der Waals surface area contributed by atoms with Crippen molar-refractivity contribution in [2.75, 3.05) is 0 Å². The number of aromatic nitrogens is 2. The molecule has 0 amide bonds. The highest BCUT2D eigenvalue weighted by Crippen LogP contribution is 2.28. The first-order valence-corrected chi connectivity index (χ1v) is 4.18. The van der Waals surface area contributed by atoms with Crippen molar-refractivity contribution in [1.29, 1.82) is 0 Å². The van der Waals surface area contributed by atoms with Crippen LogP contribution in [0.3, 0.4) is 0 Å². The van der Waals surface area contributed by atoms with E-state index in [4.69, 9.17) is 5.73 Å². The second-order valence-corrected chi connectivity index (χ2v) is 3.33. The SMILES string of the molecule is Cc1cc(C(F)(F)F)nn1C[C@@H](C)N. The van der Waals surface area contributed by atoms with E-state index in [1.54, 1.807) is 13.8 Å². The third kappa shape index (κ3) is 2.47. The van der Waals surface area contributed by atoms with Crippen LogP contribution in [0.25, 0.3) is 0 Å². The molecule has 6 heteroatoms. The van der Waals surface area contributed by atoms with E-state index in [-0.39, 0.29) is 6.04 Å². The Bertz CT molecular complexity index is 314. The molecule has 0 fully saturated rings. The Morgan fingerprint density at radius 2 is 2.14 bits per heavy atom. The van der Waals surface area contributed by atoms with Gasteiger partial charge in [0.15, 0.2) is 5.69 Å². The van der Waals surface area contributed by atoms with E-state index in [0.29, 0.717) is 12.2 Å². The summed E-state index contributed by atoms with van der Waals surface area (Å²) in [6.45, 7) is 3.58. The van der Waals surface area contributed by atoms with Gasteiger partial charge in [0.05, 0.1) is 6.54 Å². The van der Waals surface area contributed by atoms with Crippen LogP contribution >= 0.6 is 0 Å². The highest BCUT2D eigenvalue weighted by molar-refractivity contribution is 5.11. The van der Waals surface area contributed by atoms with Crippen molar-refractivity contribution in [3.63, 3.8) is 0 Å². The van der Waals surface area contributed by atoms with Crippen LogP contribution in [0.15, 0.2) is 6.07 Å². The molecule has 80 valence electrons. The van der Waals surface area contributed by atoms with Gasteiger partial charge >= 0.3 is 6.18 Å². The summed E-state index contributed by atoms with van der Waals surface area (Å²) in [5.41, 5.74) is 5.07. The van der Waals surface area contributed by atoms with Crippen molar-refractivity contribution in [2.24, 2.45) is 5.73 Å². The molecule has 0 aliphatic rings. The molecule has 0 aliphatic heterocycles. The molecule has 0 bridgehead atoms. The number of halogens is 3. The fraction of sp³-hybridized carbons (Fsp3) is 0.625. The molecule has 0 aliphatic carbocycles. The van der Waals surface area contributed by atoms with Gasteiger partial charge in [0, 0.05) is 11.7 Å².